The Morgan fingerprint density at radius 2 is 2.25 bits per heavy atom. The number of piperidine rings is 3. The molecule has 4 rings (SSSR count). The molecule has 88 valence electrons. The van der Waals surface area contributed by atoms with Crippen molar-refractivity contribution in [1.82, 2.24) is 20.0 Å². The standard InChI is InChI=1S/C12H20N4/c1-15-5-4-11(14-15)8-13-12-9-16-6-2-10(12)3-7-16/h4-5,10,12-13H,2-3,6-9H2,1H3. The van der Waals surface area contributed by atoms with Gasteiger partial charge in [0, 0.05) is 32.4 Å². The van der Waals surface area contributed by atoms with Crippen LogP contribution in [-0.2, 0) is 13.6 Å². The molecule has 0 spiro atoms. The summed E-state index contributed by atoms with van der Waals surface area (Å²) in [6, 6.07) is 2.78. The number of hydrogen-bond acceptors (Lipinski definition) is 3. The maximum atomic E-state index is 4.40. The average Bonchev–Trinajstić information content (AvgIpc) is 2.74. The van der Waals surface area contributed by atoms with Crippen LogP contribution in [0.4, 0.5) is 0 Å². The predicted molar refractivity (Wildman–Crippen MR) is 63.0 cm³/mol. The SMILES string of the molecule is Cn1ccc(CNC2CN3CCC2CC3)n1. The minimum absolute atomic E-state index is 0.685. The van der Waals surface area contributed by atoms with Gasteiger partial charge in [-0.15, -0.1) is 0 Å². The number of aromatic nitrogens is 2. The number of nitrogens with one attached hydrogen (secondary N) is 1. The highest BCUT2D eigenvalue weighted by Crippen LogP contribution is 2.27. The molecule has 3 aliphatic heterocycles. The molecule has 0 aromatic carbocycles. The van der Waals surface area contributed by atoms with Gasteiger partial charge in [0.15, 0.2) is 0 Å². The van der Waals surface area contributed by atoms with Gasteiger partial charge in [0.05, 0.1) is 5.69 Å². The molecule has 1 aromatic rings. The molecule has 3 saturated heterocycles. The summed E-state index contributed by atoms with van der Waals surface area (Å²) in [5, 5.41) is 8.06. The van der Waals surface area contributed by atoms with E-state index in [1.165, 1.54) is 32.5 Å². The molecule has 1 N–H and O–H groups in total. The Labute approximate surface area is 96.6 Å². The lowest BCUT2D eigenvalue weighted by atomic mass is 9.84. The van der Waals surface area contributed by atoms with E-state index in [1.807, 2.05) is 17.9 Å². The Morgan fingerprint density at radius 1 is 1.44 bits per heavy atom. The fraction of sp³-hybridized carbons (Fsp3) is 0.750. The van der Waals surface area contributed by atoms with E-state index in [0.29, 0.717) is 6.04 Å². The van der Waals surface area contributed by atoms with Crippen molar-refractivity contribution in [1.29, 1.82) is 0 Å². The Balaban J connectivity index is 1.55. The van der Waals surface area contributed by atoms with Crippen molar-refractivity contribution in [3.8, 4) is 0 Å². The summed E-state index contributed by atoms with van der Waals surface area (Å²) in [7, 11) is 1.97. The van der Waals surface area contributed by atoms with Crippen LogP contribution in [0.1, 0.15) is 18.5 Å². The van der Waals surface area contributed by atoms with Gasteiger partial charge in [-0.3, -0.25) is 4.68 Å². The van der Waals surface area contributed by atoms with Gasteiger partial charge in [-0.2, -0.15) is 5.10 Å². The molecule has 1 unspecified atom stereocenters. The third kappa shape index (κ3) is 1.99. The first-order valence-electron chi connectivity index (χ1n) is 6.25. The van der Waals surface area contributed by atoms with E-state index in [-0.39, 0.29) is 0 Å². The van der Waals surface area contributed by atoms with Gasteiger partial charge >= 0.3 is 0 Å². The summed E-state index contributed by atoms with van der Waals surface area (Å²) in [5.41, 5.74) is 1.15. The van der Waals surface area contributed by atoms with Crippen molar-refractivity contribution >= 4 is 0 Å². The van der Waals surface area contributed by atoms with Crippen molar-refractivity contribution < 1.29 is 0 Å². The van der Waals surface area contributed by atoms with E-state index in [1.54, 1.807) is 0 Å². The normalized spacial score (nSPS) is 33.2. The van der Waals surface area contributed by atoms with E-state index in [2.05, 4.69) is 21.4 Å². The highest BCUT2D eigenvalue weighted by Gasteiger charge is 2.33. The number of aryl methyl sites for hydroxylation is 1. The second-order valence-electron chi connectivity index (χ2n) is 5.11. The van der Waals surface area contributed by atoms with Crippen molar-refractivity contribution in [3.05, 3.63) is 18.0 Å². The van der Waals surface area contributed by atoms with Crippen LogP contribution in [0.25, 0.3) is 0 Å². The zero-order valence-electron chi connectivity index (χ0n) is 9.89. The van der Waals surface area contributed by atoms with E-state index >= 15 is 0 Å². The Bertz CT molecular complexity index is 352. The molecule has 4 heterocycles. The van der Waals surface area contributed by atoms with Crippen molar-refractivity contribution in [2.45, 2.75) is 25.4 Å². The Hall–Kier alpha value is -0.870. The van der Waals surface area contributed by atoms with Crippen molar-refractivity contribution in [3.63, 3.8) is 0 Å². The average molecular weight is 220 g/mol. The second-order valence-corrected chi connectivity index (χ2v) is 5.11. The van der Waals surface area contributed by atoms with Gasteiger partial charge in [-0.25, -0.2) is 0 Å². The number of hydrogen-bond donors (Lipinski definition) is 1. The van der Waals surface area contributed by atoms with Crippen molar-refractivity contribution in [2.24, 2.45) is 13.0 Å². The molecule has 0 aliphatic carbocycles. The molecule has 2 bridgehead atoms. The van der Waals surface area contributed by atoms with Crippen LogP contribution in [0.5, 0.6) is 0 Å². The summed E-state index contributed by atoms with van der Waals surface area (Å²) in [6.45, 7) is 4.77. The summed E-state index contributed by atoms with van der Waals surface area (Å²) in [6.07, 6.45) is 4.76. The van der Waals surface area contributed by atoms with E-state index < -0.39 is 0 Å². The summed E-state index contributed by atoms with van der Waals surface area (Å²) < 4.78 is 1.87. The van der Waals surface area contributed by atoms with Gasteiger partial charge < -0.3 is 10.2 Å². The maximum absolute atomic E-state index is 4.40. The van der Waals surface area contributed by atoms with Gasteiger partial charge in [0.25, 0.3) is 0 Å². The topological polar surface area (TPSA) is 33.1 Å². The minimum atomic E-state index is 0.685. The largest absolute Gasteiger partial charge is 0.307 e. The molecule has 16 heavy (non-hydrogen) atoms. The molecule has 3 aliphatic rings. The molecule has 3 fully saturated rings. The van der Waals surface area contributed by atoms with Crippen LogP contribution >= 0.6 is 0 Å². The second kappa shape index (κ2) is 4.18. The lowest BCUT2D eigenvalue weighted by Crippen LogP contribution is -2.55. The monoisotopic (exact) mass is 220 g/mol. The molecule has 0 radical (unpaired) electrons. The lowest BCUT2D eigenvalue weighted by molar-refractivity contribution is 0.0718. The summed E-state index contributed by atoms with van der Waals surface area (Å²) >= 11 is 0. The van der Waals surface area contributed by atoms with Crippen LogP contribution in [0.2, 0.25) is 0 Å². The smallest absolute Gasteiger partial charge is 0.0762 e. The zero-order chi connectivity index (χ0) is 11.0. The van der Waals surface area contributed by atoms with Crippen LogP contribution in [-0.4, -0.2) is 40.4 Å². The predicted octanol–water partition coefficient (Wildman–Crippen LogP) is 0.604. The van der Waals surface area contributed by atoms with E-state index in [0.717, 1.165) is 18.2 Å². The number of fused-ring (bicyclic) bond motifs is 3. The Kier molecular flexibility index (Phi) is 2.69. The lowest BCUT2D eigenvalue weighted by Gasteiger charge is -2.45. The fourth-order valence-electron chi connectivity index (χ4n) is 2.99. The van der Waals surface area contributed by atoms with Gasteiger partial charge in [-0.1, -0.05) is 0 Å². The van der Waals surface area contributed by atoms with Crippen LogP contribution in [0.3, 0.4) is 0 Å². The number of rotatable bonds is 3. The molecular formula is C12H20N4. The molecule has 0 amide bonds. The summed E-state index contributed by atoms with van der Waals surface area (Å²) in [4.78, 5) is 2.58. The molecular weight excluding hydrogens is 200 g/mol. The zero-order valence-corrected chi connectivity index (χ0v) is 9.89. The first-order chi connectivity index (χ1) is 7.81. The molecule has 4 heteroatoms. The molecule has 1 atom stereocenters. The third-order valence-corrected chi connectivity index (χ3v) is 3.97. The van der Waals surface area contributed by atoms with Gasteiger partial charge in [-0.05, 0) is 37.9 Å². The van der Waals surface area contributed by atoms with Crippen molar-refractivity contribution in [2.75, 3.05) is 19.6 Å². The van der Waals surface area contributed by atoms with Gasteiger partial charge in [0.2, 0.25) is 0 Å². The third-order valence-electron chi connectivity index (χ3n) is 3.97. The van der Waals surface area contributed by atoms with Crippen LogP contribution in [0.15, 0.2) is 12.3 Å². The van der Waals surface area contributed by atoms with E-state index in [9.17, 15) is 0 Å². The summed E-state index contributed by atoms with van der Waals surface area (Å²) in [5.74, 6) is 0.897. The quantitative estimate of drug-likeness (QED) is 0.810. The molecule has 1 aromatic heterocycles. The molecule has 4 nitrogen and oxygen atoms in total. The maximum Gasteiger partial charge on any atom is 0.0762 e. The Morgan fingerprint density at radius 3 is 2.81 bits per heavy atom. The van der Waals surface area contributed by atoms with Crippen LogP contribution < -0.4 is 5.32 Å². The van der Waals surface area contributed by atoms with Gasteiger partial charge in [0.1, 0.15) is 0 Å². The van der Waals surface area contributed by atoms with E-state index in [4.69, 9.17) is 0 Å². The first-order valence-corrected chi connectivity index (χ1v) is 6.25. The highest BCUT2D eigenvalue weighted by molar-refractivity contribution is 5.00. The molecule has 0 saturated carbocycles. The number of nitrogens with zero attached hydrogens (tertiary/aromatic N) is 3. The first kappa shape index (κ1) is 10.3. The van der Waals surface area contributed by atoms with Crippen LogP contribution in [0, 0.1) is 5.92 Å². The highest BCUT2D eigenvalue weighted by atomic mass is 15.3. The minimum Gasteiger partial charge on any atom is -0.307 e. The fourth-order valence-corrected chi connectivity index (χ4v) is 2.99.